The smallest absolute Gasteiger partial charge is 0.280 e. The molecule has 0 radical (unpaired) electrons. The number of nitrogens with zero attached hydrogens (tertiary/aromatic N) is 6. The highest BCUT2D eigenvalue weighted by Crippen LogP contribution is 2.32. The Bertz CT molecular complexity index is 1250. The molecule has 34 heavy (non-hydrogen) atoms. The minimum absolute atomic E-state index is 0.363. The van der Waals surface area contributed by atoms with Gasteiger partial charge >= 0.3 is 6.16 Å². The van der Waals surface area contributed by atoms with Gasteiger partial charge in [0.05, 0.1) is 16.1 Å². The van der Waals surface area contributed by atoms with E-state index < -0.39 is 22.3 Å². The summed E-state index contributed by atoms with van der Waals surface area (Å²) in [6.07, 6.45) is -0.981. The fraction of sp³-hybridized carbons (Fsp3) is 0.435. The van der Waals surface area contributed by atoms with Gasteiger partial charge in [-0.1, -0.05) is 87.1 Å². The second-order valence-corrected chi connectivity index (χ2v) is 22.2. The van der Waals surface area contributed by atoms with Gasteiger partial charge in [-0.25, -0.2) is 0 Å². The Morgan fingerprint density at radius 1 is 0.735 bits per heavy atom. The van der Waals surface area contributed by atoms with E-state index >= 15 is 0 Å². The Balaban J connectivity index is 1.58. The average Bonchev–Trinajstić information content (AvgIpc) is 3.35. The van der Waals surface area contributed by atoms with Crippen molar-refractivity contribution < 1.29 is 14.5 Å². The van der Waals surface area contributed by atoms with Crippen LogP contribution in [0.5, 0.6) is 0 Å². The summed E-state index contributed by atoms with van der Waals surface area (Å²) in [7, 11) is -2.92. The van der Waals surface area contributed by atoms with E-state index in [0.29, 0.717) is 22.1 Å². The lowest BCUT2D eigenvalue weighted by Crippen LogP contribution is -2.30. The maximum absolute atomic E-state index is 12.6. The highest BCUT2D eigenvalue weighted by Gasteiger charge is 2.28. The molecule has 0 saturated carbocycles. The highest BCUT2D eigenvalue weighted by molar-refractivity contribution is 6.77. The van der Waals surface area contributed by atoms with E-state index in [1.807, 2.05) is 24.3 Å². The molecule has 0 spiro atoms. The van der Waals surface area contributed by atoms with Crippen LogP contribution >= 0.6 is 0 Å². The third-order valence-electron chi connectivity index (χ3n) is 6.81. The van der Waals surface area contributed by atoms with Gasteiger partial charge in [0, 0.05) is 0 Å². The molecule has 2 atom stereocenters. The molecule has 0 saturated heterocycles. The molecule has 11 heteroatoms. The summed E-state index contributed by atoms with van der Waals surface area (Å²) in [6, 6.07) is 11.6. The Kier molecular flexibility index (Phi) is 6.11. The number of carbonyl (C=O) groups is 1. The maximum atomic E-state index is 12.6. The van der Waals surface area contributed by atoms with E-state index in [4.69, 9.17) is 9.68 Å². The quantitative estimate of drug-likeness (QED) is 0.279. The van der Waals surface area contributed by atoms with Crippen molar-refractivity contribution in [2.24, 2.45) is 0 Å². The number of aromatic nitrogens is 6. The molecule has 9 nitrogen and oxygen atoms in total. The van der Waals surface area contributed by atoms with Crippen molar-refractivity contribution >= 4 is 44.4 Å². The summed E-state index contributed by atoms with van der Waals surface area (Å²) < 4.78 is 0. The van der Waals surface area contributed by atoms with Crippen molar-refractivity contribution in [3.8, 4) is 0 Å². The van der Waals surface area contributed by atoms with Crippen LogP contribution in [-0.4, -0.2) is 52.6 Å². The van der Waals surface area contributed by atoms with Crippen molar-refractivity contribution in [3.05, 3.63) is 47.5 Å². The number of hydrogen-bond acceptors (Lipinski definition) is 7. The zero-order valence-corrected chi connectivity index (χ0v) is 23.0. The summed E-state index contributed by atoms with van der Waals surface area (Å²) in [4.78, 5) is 25.5. The lowest BCUT2D eigenvalue weighted by atomic mass is 10.1. The van der Waals surface area contributed by atoms with Crippen LogP contribution in [0.3, 0.4) is 0 Å². The van der Waals surface area contributed by atoms with Gasteiger partial charge in [0.2, 0.25) is 0 Å². The predicted molar refractivity (Wildman–Crippen MR) is 137 cm³/mol. The van der Waals surface area contributed by atoms with Crippen LogP contribution in [0, 0.1) is 0 Å². The van der Waals surface area contributed by atoms with Gasteiger partial charge in [0.25, 0.3) is 0 Å². The molecule has 180 valence electrons. The molecular weight excluding hydrogens is 464 g/mol. The van der Waals surface area contributed by atoms with Crippen LogP contribution in [0.1, 0.15) is 36.1 Å². The van der Waals surface area contributed by atoms with Crippen molar-refractivity contribution in [2.75, 3.05) is 0 Å². The van der Waals surface area contributed by atoms with Gasteiger partial charge in [-0.2, -0.15) is 4.79 Å². The van der Waals surface area contributed by atoms with E-state index in [0.717, 1.165) is 31.9 Å². The first-order valence-electron chi connectivity index (χ1n) is 11.5. The molecule has 2 heterocycles. The van der Waals surface area contributed by atoms with Gasteiger partial charge in [0.1, 0.15) is 22.1 Å². The minimum Gasteiger partial charge on any atom is -0.280 e. The van der Waals surface area contributed by atoms with Gasteiger partial charge in [-0.15, -0.1) is 10.2 Å². The Morgan fingerprint density at radius 3 is 1.47 bits per heavy atom. The first kappa shape index (κ1) is 24.1. The average molecular weight is 497 g/mol. The van der Waals surface area contributed by atoms with Crippen LogP contribution in [0.25, 0.3) is 22.1 Å². The van der Waals surface area contributed by atoms with Crippen LogP contribution in [-0.2, 0) is 0 Å². The maximum Gasteiger partial charge on any atom is 0.562 e. The van der Waals surface area contributed by atoms with E-state index in [-0.39, 0.29) is 0 Å². The molecule has 2 aromatic heterocycles. The highest BCUT2D eigenvalue weighted by atomic mass is 28.3. The summed E-state index contributed by atoms with van der Waals surface area (Å²) in [6.45, 7) is 18.3. The zero-order chi connectivity index (χ0) is 24.8. The molecule has 2 unspecified atom stereocenters. The number of carbonyl (C=O) groups excluding carboxylic acids is 1. The van der Waals surface area contributed by atoms with Gasteiger partial charge in [-0.05, 0) is 44.8 Å². The number of hydrogen-bond donors (Lipinski definition) is 0. The summed E-state index contributed by atoms with van der Waals surface area (Å²) in [5, 5.41) is 16.6. The largest absolute Gasteiger partial charge is 0.562 e. The van der Waals surface area contributed by atoms with Crippen molar-refractivity contribution in [1.82, 2.24) is 30.3 Å². The molecule has 0 aliphatic rings. The first-order valence-corrected chi connectivity index (χ1v) is 18.6. The van der Waals surface area contributed by atoms with E-state index in [9.17, 15) is 4.79 Å². The van der Waals surface area contributed by atoms with Gasteiger partial charge < -0.3 is 0 Å². The second kappa shape index (κ2) is 8.62. The van der Waals surface area contributed by atoms with Crippen LogP contribution in [0.4, 0.5) is 4.79 Å². The second-order valence-electron chi connectivity index (χ2n) is 11.0. The summed E-state index contributed by atoms with van der Waals surface area (Å²) >= 11 is 0. The number of fused-ring (bicyclic) bond motifs is 2. The SMILES string of the molecule is CC(c1cccc2c1nnn2OC(=O)On1nnc2c(C(C)[Si](C)(C)C)cccc21)[Si](C)(C)C. The van der Waals surface area contributed by atoms with Crippen LogP contribution in [0.2, 0.25) is 39.3 Å². The third-order valence-corrected chi connectivity index (χ3v) is 12.6. The van der Waals surface area contributed by atoms with Crippen LogP contribution < -0.4 is 9.68 Å². The normalized spacial score (nSPS) is 14.4. The first-order chi connectivity index (χ1) is 15.9. The zero-order valence-electron chi connectivity index (χ0n) is 21.0. The molecular formula is C23H32N6O3Si2. The standard InChI is InChI=1S/C23H32N6O3Si2/c1-15(33(3,4)5)17-11-9-13-19-21(17)24-26-28(19)31-23(30)32-29-20-14-10-12-18(22(20)25-27-29)16(2)34(6,7)8/h9-16H,1-8H3. The van der Waals surface area contributed by atoms with E-state index in [1.165, 1.54) is 0 Å². The third kappa shape index (κ3) is 4.49. The van der Waals surface area contributed by atoms with E-state index in [1.54, 1.807) is 0 Å². The van der Waals surface area contributed by atoms with E-state index in [2.05, 4.69) is 85.9 Å². The topological polar surface area (TPSA) is 96.9 Å². The summed E-state index contributed by atoms with van der Waals surface area (Å²) in [5.74, 6) is 0. The predicted octanol–water partition coefficient (Wildman–Crippen LogP) is 4.82. The van der Waals surface area contributed by atoms with Crippen molar-refractivity contribution in [1.29, 1.82) is 0 Å². The molecule has 0 aliphatic heterocycles. The molecule has 4 aromatic rings. The minimum atomic E-state index is -1.46. The Morgan fingerprint density at radius 2 is 1.12 bits per heavy atom. The van der Waals surface area contributed by atoms with Gasteiger partial charge in [-0.3, -0.25) is 9.68 Å². The molecule has 2 aromatic carbocycles. The molecule has 0 N–H and O–H groups in total. The lowest BCUT2D eigenvalue weighted by molar-refractivity contribution is 0.0262. The molecule has 0 bridgehead atoms. The Labute approximate surface area is 201 Å². The van der Waals surface area contributed by atoms with Gasteiger partial charge in [0.15, 0.2) is 0 Å². The monoisotopic (exact) mass is 496 g/mol. The summed E-state index contributed by atoms with van der Waals surface area (Å²) in [5.41, 5.74) is 5.59. The molecule has 0 amide bonds. The fourth-order valence-electron chi connectivity index (χ4n) is 3.82. The number of rotatable bonds is 6. The molecule has 4 rings (SSSR count). The van der Waals surface area contributed by atoms with Crippen molar-refractivity contribution in [3.63, 3.8) is 0 Å². The number of benzene rings is 2. The Hall–Kier alpha value is -3.06. The van der Waals surface area contributed by atoms with Crippen molar-refractivity contribution in [2.45, 2.75) is 64.2 Å². The molecule has 0 aliphatic carbocycles. The van der Waals surface area contributed by atoms with Crippen LogP contribution in [0.15, 0.2) is 36.4 Å². The fourth-order valence-corrected chi connectivity index (χ4v) is 6.15. The lowest BCUT2D eigenvalue weighted by Gasteiger charge is -2.25. The molecule has 0 fully saturated rings.